The molecule has 0 fully saturated rings. The number of carbonyl (C=O) groups is 2. The fraction of sp³-hybridized carbons (Fsp3) is 0.158. The molecule has 2 aliphatic heterocycles. The Morgan fingerprint density at radius 1 is 1.08 bits per heavy atom. The summed E-state index contributed by atoms with van der Waals surface area (Å²) in [4.78, 5) is 25.0. The van der Waals surface area contributed by atoms with Crippen molar-refractivity contribution in [3.8, 4) is 11.5 Å². The van der Waals surface area contributed by atoms with Gasteiger partial charge in [-0.1, -0.05) is 36.4 Å². The lowest BCUT2D eigenvalue weighted by molar-refractivity contribution is 0.102. The molecule has 6 heteroatoms. The molecule has 0 bridgehead atoms. The van der Waals surface area contributed by atoms with Gasteiger partial charge in [0, 0.05) is 16.8 Å². The van der Waals surface area contributed by atoms with Crippen LogP contribution in [0, 0.1) is 0 Å². The summed E-state index contributed by atoms with van der Waals surface area (Å²) in [5, 5.41) is 5.51. The lowest BCUT2D eigenvalue weighted by Gasteiger charge is -2.28. The predicted octanol–water partition coefficient (Wildman–Crippen LogP) is 2.93. The highest BCUT2D eigenvalue weighted by Crippen LogP contribution is 2.37. The Bertz CT molecular complexity index is 890. The van der Waals surface area contributed by atoms with Crippen LogP contribution in [0.25, 0.3) is 0 Å². The third-order valence-corrected chi connectivity index (χ3v) is 4.28. The Labute approximate surface area is 144 Å². The van der Waals surface area contributed by atoms with E-state index in [9.17, 15) is 9.59 Å². The van der Waals surface area contributed by atoms with Gasteiger partial charge < -0.3 is 20.1 Å². The Balaban J connectivity index is 1.78. The maximum Gasteiger partial charge on any atom is 0.319 e. The normalized spacial score (nSPS) is 18.6. The number of carbonyl (C=O) groups excluding carboxylic acids is 2. The number of nitrogens with one attached hydrogen (secondary N) is 2. The van der Waals surface area contributed by atoms with E-state index in [-0.39, 0.29) is 18.6 Å². The summed E-state index contributed by atoms with van der Waals surface area (Å²) in [6, 6.07) is 13.5. The molecule has 2 aromatic rings. The third-order valence-electron chi connectivity index (χ3n) is 4.28. The number of hydrogen-bond acceptors (Lipinski definition) is 4. The molecular weight excluding hydrogens is 320 g/mol. The molecule has 2 amide bonds. The average molecular weight is 336 g/mol. The Morgan fingerprint density at radius 3 is 2.64 bits per heavy atom. The Kier molecular flexibility index (Phi) is 3.65. The maximum atomic E-state index is 13.0. The number of ether oxygens (including phenoxy) is 2. The van der Waals surface area contributed by atoms with Crippen LogP contribution in [0.5, 0.6) is 11.5 Å². The molecule has 126 valence electrons. The molecule has 0 radical (unpaired) electrons. The van der Waals surface area contributed by atoms with Crippen LogP contribution in [0.2, 0.25) is 0 Å². The summed E-state index contributed by atoms with van der Waals surface area (Å²) < 4.78 is 10.7. The number of fused-ring (bicyclic) bond motifs is 1. The standard InChI is InChI=1S/C19H16N2O4/c1-11-16(18(22)12-5-3-2-4-6-12)17(21-19(23)20-11)13-7-8-14-15(9-13)25-10-24-14/h2-9,17H,10H2,1H3,(H2,20,21,23). The van der Waals surface area contributed by atoms with Crippen molar-refractivity contribution in [1.82, 2.24) is 10.6 Å². The van der Waals surface area contributed by atoms with Gasteiger partial charge in [-0.15, -0.1) is 0 Å². The van der Waals surface area contributed by atoms with Gasteiger partial charge in [0.1, 0.15) is 0 Å². The van der Waals surface area contributed by atoms with Crippen molar-refractivity contribution in [2.75, 3.05) is 6.79 Å². The van der Waals surface area contributed by atoms with E-state index in [1.54, 1.807) is 31.2 Å². The minimum absolute atomic E-state index is 0.131. The Morgan fingerprint density at radius 2 is 1.84 bits per heavy atom. The first-order chi connectivity index (χ1) is 12.1. The second-order valence-corrected chi connectivity index (χ2v) is 5.88. The SMILES string of the molecule is CC1=C(C(=O)c2ccccc2)C(c2ccc3c(c2)OCO3)NC(=O)N1. The van der Waals surface area contributed by atoms with Crippen molar-refractivity contribution in [2.24, 2.45) is 0 Å². The minimum atomic E-state index is -0.559. The highest BCUT2D eigenvalue weighted by molar-refractivity contribution is 6.11. The first kappa shape index (κ1) is 15.3. The van der Waals surface area contributed by atoms with Gasteiger partial charge in [0.05, 0.1) is 6.04 Å². The van der Waals surface area contributed by atoms with Crippen molar-refractivity contribution >= 4 is 11.8 Å². The van der Waals surface area contributed by atoms with Crippen LogP contribution >= 0.6 is 0 Å². The number of urea groups is 1. The Hall–Kier alpha value is -3.28. The molecule has 4 rings (SSSR count). The lowest BCUT2D eigenvalue weighted by Crippen LogP contribution is -2.45. The molecule has 0 aromatic heterocycles. The van der Waals surface area contributed by atoms with Gasteiger partial charge in [0.15, 0.2) is 17.3 Å². The molecule has 25 heavy (non-hydrogen) atoms. The molecule has 2 N–H and O–H groups in total. The summed E-state index contributed by atoms with van der Waals surface area (Å²) in [5.41, 5.74) is 2.38. The van der Waals surface area contributed by atoms with E-state index in [2.05, 4.69) is 10.6 Å². The zero-order valence-electron chi connectivity index (χ0n) is 13.5. The molecule has 1 unspecified atom stereocenters. The van der Waals surface area contributed by atoms with E-state index in [1.807, 2.05) is 24.3 Å². The monoisotopic (exact) mass is 336 g/mol. The van der Waals surface area contributed by atoms with E-state index >= 15 is 0 Å². The van der Waals surface area contributed by atoms with Crippen LogP contribution < -0.4 is 20.1 Å². The van der Waals surface area contributed by atoms with Crippen LogP contribution in [0.4, 0.5) is 4.79 Å². The number of allylic oxidation sites excluding steroid dienone is 1. The molecule has 0 aliphatic carbocycles. The van der Waals surface area contributed by atoms with Crippen LogP contribution in [0.3, 0.4) is 0 Å². The number of rotatable bonds is 3. The highest BCUT2D eigenvalue weighted by atomic mass is 16.7. The van der Waals surface area contributed by atoms with Crippen LogP contribution in [-0.2, 0) is 0 Å². The van der Waals surface area contributed by atoms with E-state index in [4.69, 9.17) is 9.47 Å². The van der Waals surface area contributed by atoms with Crippen molar-refractivity contribution in [3.05, 3.63) is 70.9 Å². The molecule has 1 atom stereocenters. The number of hydrogen-bond donors (Lipinski definition) is 2. The molecular formula is C19H16N2O4. The molecule has 6 nitrogen and oxygen atoms in total. The van der Waals surface area contributed by atoms with Gasteiger partial charge in [-0.2, -0.15) is 0 Å². The van der Waals surface area contributed by atoms with Gasteiger partial charge in [-0.05, 0) is 24.6 Å². The minimum Gasteiger partial charge on any atom is -0.454 e. The van der Waals surface area contributed by atoms with Crippen LogP contribution in [-0.4, -0.2) is 18.6 Å². The zero-order chi connectivity index (χ0) is 17.4. The van der Waals surface area contributed by atoms with Crippen molar-refractivity contribution in [3.63, 3.8) is 0 Å². The summed E-state index contributed by atoms with van der Waals surface area (Å²) in [6.07, 6.45) is 0. The average Bonchev–Trinajstić information content (AvgIpc) is 3.09. The van der Waals surface area contributed by atoms with Gasteiger partial charge in [-0.3, -0.25) is 4.79 Å². The second-order valence-electron chi connectivity index (χ2n) is 5.88. The van der Waals surface area contributed by atoms with Crippen LogP contribution in [0.1, 0.15) is 28.9 Å². The topological polar surface area (TPSA) is 76.7 Å². The fourth-order valence-corrected chi connectivity index (χ4v) is 3.08. The van der Waals surface area contributed by atoms with E-state index in [1.165, 1.54) is 0 Å². The maximum absolute atomic E-state index is 13.0. The van der Waals surface area contributed by atoms with Crippen molar-refractivity contribution in [1.29, 1.82) is 0 Å². The lowest BCUT2D eigenvalue weighted by atomic mass is 9.89. The van der Waals surface area contributed by atoms with E-state index in [0.29, 0.717) is 28.3 Å². The van der Waals surface area contributed by atoms with E-state index in [0.717, 1.165) is 5.56 Å². The number of amides is 2. The quantitative estimate of drug-likeness (QED) is 0.845. The van der Waals surface area contributed by atoms with E-state index < -0.39 is 6.04 Å². The highest BCUT2D eigenvalue weighted by Gasteiger charge is 2.32. The summed E-state index contributed by atoms with van der Waals surface area (Å²) in [7, 11) is 0. The molecule has 2 aliphatic rings. The molecule has 0 saturated carbocycles. The largest absolute Gasteiger partial charge is 0.454 e. The summed E-state index contributed by atoms with van der Waals surface area (Å²) in [6.45, 7) is 1.90. The van der Waals surface area contributed by atoms with Crippen molar-refractivity contribution < 1.29 is 19.1 Å². The molecule has 0 spiro atoms. The van der Waals surface area contributed by atoms with Gasteiger partial charge in [0.2, 0.25) is 6.79 Å². The second kappa shape index (κ2) is 5.98. The molecule has 2 heterocycles. The molecule has 2 aromatic carbocycles. The number of ketones is 1. The molecule has 0 saturated heterocycles. The zero-order valence-corrected chi connectivity index (χ0v) is 13.5. The van der Waals surface area contributed by atoms with Crippen molar-refractivity contribution in [2.45, 2.75) is 13.0 Å². The number of benzene rings is 2. The predicted molar refractivity (Wildman–Crippen MR) is 90.4 cm³/mol. The summed E-state index contributed by atoms with van der Waals surface area (Å²) >= 11 is 0. The first-order valence-corrected chi connectivity index (χ1v) is 7.91. The fourth-order valence-electron chi connectivity index (χ4n) is 3.08. The first-order valence-electron chi connectivity index (χ1n) is 7.91. The van der Waals surface area contributed by atoms with Gasteiger partial charge in [-0.25, -0.2) is 4.79 Å². The summed E-state index contributed by atoms with van der Waals surface area (Å²) in [5.74, 6) is 1.13. The third kappa shape index (κ3) is 2.71. The number of Topliss-reactive ketones (excluding diaryl/α,β-unsaturated/α-hetero) is 1. The smallest absolute Gasteiger partial charge is 0.319 e. The van der Waals surface area contributed by atoms with Gasteiger partial charge in [0.25, 0.3) is 0 Å². The van der Waals surface area contributed by atoms with Gasteiger partial charge >= 0.3 is 6.03 Å². The van der Waals surface area contributed by atoms with Crippen LogP contribution in [0.15, 0.2) is 59.8 Å².